The van der Waals surface area contributed by atoms with Gasteiger partial charge < -0.3 is 11.1 Å². The van der Waals surface area contributed by atoms with Crippen LogP contribution < -0.4 is 16.2 Å². The van der Waals surface area contributed by atoms with Crippen molar-refractivity contribution in [1.82, 2.24) is 0 Å². The Labute approximate surface area is 100 Å². The van der Waals surface area contributed by atoms with E-state index in [4.69, 9.17) is 10.9 Å². The zero-order chi connectivity index (χ0) is 13.1. The van der Waals surface area contributed by atoms with Crippen LogP contribution in [0.5, 0.6) is 0 Å². The zero-order valence-corrected chi connectivity index (χ0v) is 10.3. The number of primary sulfonamides is 1. The number of sulfonamides is 1. The van der Waals surface area contributed by atoms with Crippen molar-refractivity contribution in [2.24, 2.45) is 10.9 Å². The molecule has 0 amide bonds. The largest absolute Gasteiger partial charge is 0.381 e. The first-order chi connectivity index (χ1) is 7.84. The van der Waals surface area contributed by atoms with E-state index in [1.807, 2.05) is 6.92 Å². The van der Waals surface area contributed by atoms with Crippen LogP contribution in [-0.2, 0) is 10.0 Å². The van der Waals surface area contributed by atoms with E-state index in [0.29, 0.717) is 6.54 Å². The van der Waals surface area contributed by atoms with Crippen LogP contribution in [0.25, 0.3) is 0 Å². The fourth-order valence-corrected chi connectivity index (χ4v) is 1.73. The van der Waals surface area contributed by atoms with Crippen molar-refractivity contribution in [1.29, 1.82) is 0 Å². The van der Waals surface area contributed by atoms with E-state index in [2.05, 4.69) is 5.32 Å². The number of anilines is 1. The van der Waals surface area contributed by atoms with E-state index in [9.17, 15) is 12.8 Å². The second-order valence-corrected chi connectivity index (χ2v) is 5.30. The van der Waals surface area contributed by atoms with Crippen molar-refractivity contribution in [3.05, 3.63) is 24.0 Å². The first-order valence-electron chi connectivity index (χ1n) is 5.16. The SMILES string of the molecule is CCC(N)CNc1ccc(S(N)(=O)=O)cc1F. The van der Waals surface area contributed by atoms with E-state index >= 15 is 0 Å². The van der Waals surface area contributed by atoms with Crippen LogP contribution in [0.2, 0.25) is 0 Å². The first kappa shape index (κ1) is 13.9. The van der Waals surface area contributed by atoms with Crippen molar-refractivity contribution in [3.63, 3.8) is 0 Å². The molecule has 0 radical (unpaired) electrons. The number of nitrogens with one attached hydrogen (secondary N) is 1. The zero-order valence-electron chi connectivity index (χ0n) is 9.48. The molecule has 1 atom stereocenters. The Morgan fingerprint density at radius 3 is 2.59 bits per heavy atom. The molecular weight excluding hydrogens is 245 g/mol. The van der Waals surface area contributed by atoms with Gasteiger partial charge >= 0.3 is 0 Å². The average molecular weight is 261 g/mol. The molecule has 1 unspecified atom stereocenters. The third kappa shape index (κ3) is 3.95. The highest BCUT2D eigenvalue weighted by atomic mass is 32.2. The molecule has 0 aromatic heterocycles. The molecule has 5 N–H and O–H groups in total. The van der Waals surface area contributed by atoms with Crippen LogP contribution in [0.4, 0.5) is 10.1 Å². The van der Waals surface area contributed by atoms with E-state index in [-0.39, 0.29) is 16.6 Å². The summed E-state index contributed by atoms with van der Waals surface area (Å²) in [5.74, 6) is -0.667. The Morgan fingerprint density at radius 1 is 1.47 bits per heavy atom. The lowest BCUT2D eigenvalue weighted by atomic mass is 10.2. The maximum Gasteiger partial charge on any atom is 0.238 e. The van der Waals surface area contributed by atoms with Crippen LogP contribution in [0.1, 0.15) is 13.3 Å². The first-order valence-corrected chi connectivity index (χ1v) is 6.71. The molecule has 0 aliphatic carbocycles. The molecule has 0 saturated heterocycles. The minimum Gasteiger partial charge on any atom is -0.381 e. The second kappa shape index (κ2) is 5.44. The number of rotatable bonds is 5. The molecule has 0 spiro atoms. The minimum atomic E-state index is -3.87. The van der Waals surface area contributed by atoms with E-state index in [0.717, 1.165) is 12.5 Å². The van der Waals surface area contributed by atoms with Gasteiger partial charge in [-0.3, -0.25) is 0 Å². The van der Waals surface area contributed by atoms with Gasteiger partial charge in [-0.1, -0.05) is 6.92 Å². The number of nitrogens with two attached hydrogens (primary N) is 2. The normalized spacial score (nSPS) is 13.4. The monoisotopic (exact) mass is 261 g/mol. The fraction of sp³-hybridized carbons (Fsp3) is 0.400. The maximum absolute atomic E-state index is 13.5. The maximum atomic E-state index is 13.5. The molecule has 0 heterocycles. The summed E-state index contributed by atoms with van der Waals surface area (Å²) in [7, 11) is -3.87. The molecule has 1 aromatic carbocycles. The van der Waals surface area contributed by atoms with Crippen molar-refractivity contribution < 1.29 is 12.8 Å². The Hall–Kier alpha value is -1.18. The van der Waals surface area contributed by atoms with E-state index in [1.54, 1.807) is 0 Å². The molecule has 96 valence electrons. The molecule has 17 heavy (non-hydrogen) atoms. The van der Waals surface area contributed by atoms with Crippen LogP contribution in [0.3, 0.4) is 0 Å². The molecule has 7 heteroatoms. The van der Waals surface area contributed by atoms with Gasteiger partial charge in [0.15, 0.2) is 0 Å². The average Bonchev–Trinajstić information content (AvgIpc) is 2.25. The highest BCUT2D eigenvalue weighted by Gasteiger charge is 2.11. The van der Waals surface area contributed by atoms with E-state index < -0.39 is 15.8 Å². The summed E-state index contributed by atoms with van der Waals surface area (Å²) in [6.07, 6.45) is 0.768. The van der Waals surface area contributed by atoms with Crippen molar-refractivity contribution in [3.8, 4) is 0 Å². The van der Waals surface area contributed by atoms with Gasteiger partial charge in [-0.15, -0.1) is 0 Å². The Bertz CT molecular complexity index is 490. The predicted molar refractivity (Wildman–Crippen MR) is 64.5 cm³/mol. The van der Waals surface area contributed by atoms with Gasteiger partial charge in [0, 0.05) is 12.6 Å². The van der Waals surface area contributed by atoms with Crippen LogP contribution in [0.15, 0.2) is 23.1 Å². The summed E-state index contributed by atoms with van der Waals surface area (Å²) in [6, 6.07) is 3.39. The van der Waals surface area contributed by atoms with Crippen LogP contribution in [-0.4, -0.2) is 21.0 Å². The number of hydrogen-bond acceptors (Lipinski definition) is 4. The lowest BCUT2D eigenvalue weighted by molar-refractivity contribution is 0.592. The number of halogens is 1. The second-order valence-electron chi connectivity index (χ2n) is 3.74. The summed E-state index contributed by atoms with van der Waals surface area (Å²) >= 11 is 0. The lowest BCUT2D eigenvalue weighted by Gasteiger charge is -2.12. The van der Waals surface area contributed by atoms with Gasteiger partial charge in [-0.2, -0.15) is 0 Å². The van der Waals surface area contributed by atoms with Crippen molar-refractivity contribution in [2.75, 3.05) is 11.9 Å². The standard InChI is InChI=1S/C10H16FN3O2S/c1-2-7(12)6-14-10-4-3-8(5-9(10)11)17(13,15)16/h3-5,7,14H,2,6,12H2,1H3,(H2,13,15,16). The van der Waals surface area contributed by atoms with E-state index in [1.165, 1.54) is 12.1 Å². The molecule has 0 bridgehead atoms. The molecule has 0 aliphatic rings. The smallest absolute Gasteiger partial charge is 0.238 e. The molecule has 0 fully saturated rings. The molecule has 0 saturated carbocycles. The topological polar surface area (TPSA) is 98.2 Å². The van der Waals surface area contributed by atoms with Gasteiger partial charge in [-0.25, -0.2) is 17.9 Å². The summed E-state index contributed by atoms with van der Waals surface area (Å²) < 4.78 is 35.5. The highest BCUT2D eigenvalue weighted by Crippen LogP contribution is 2.18. The Kier molecular flexibility index (Phi) is 4.44. The van der Waals surface area contributed by atoms with Crippen molar-refractivity contribution in [2.45, 2.75) is 24.3 Å². The molecule has 1 rings (SSSR count). The molecule has 0 aliphatic heterocycles. The van der Waals surface area contributed by atoms with Crippen molar-refractivity contribution >= 4 is 15.7 Å². The minimum absolute atomic E-state index is 0.0766. The lowest BCUT2D eigenvalue weighted by Crippen LogP contribution is -2.28. The summed E-state index contributed by atoms with van der Waals surface area (Å²) in [6.45, 7) is 2.34. The Balaban J connectivity index is 2.84. The summed E-state index contributed by atoms with van der Waals surface area (Å²) in [5, 5.41) is 7.69. The number of benzene rings is 1. The third-order valence-corrected chi connectivity index (χ3v) is 3.26. The van der Waals surface area contributed by atoms with Gasteiger partial charge in [0.05, 0.1) is 10.6 Å². The van der Waals surface area contributed by atoms with Crippen LogP contribution in [0, 0.1) is 5.82 Å². The van der Waals surface area contributed by atoms with Gasteiger partial charge in [-0.05, 0) is 24.6 Å². The Morgan fingerprint density at radius 2 is 2.12 bits per heavy atom. The van der Waals surface area contributed by atoms with Gasteiger partial charge in [0.1, 0.15) is 5.82 Å². The highest BCUT2D eigenvalue weighted by molar-refractivity contribution is 7.89. The van der Waals surface area contributed by atoms with Gasteiger partial charge in [0.25, 0.3) is 0 Å². The quantitative estimate of drug-likeness (QED) is 0.723. The molecule has 1 aromatic rings. The predicted octanol–water partition coefficient (Wildman–Crippen LogP) is 0.622. The van der Waals surface area contributed by atoms with Gasteiger partial charge in [0.2, 0.25) is 10.0 Å². The molecular formula is C10H16FN3O2S. The fourth-order valence-electron chi connectivity index (χ4n) is 1.20. The van der Waals surface area contributed by atoms with Crippen LogP contribution >= 0.6 is 0 Å². The third-order valence-electron chi connectivity index (χ3n) is 2.35. The molecule has 5 nitrogen and oxygen atoms in total. The summed E-state index contributed by atoms with van der Waals surface area (Å²) in [5.41, 5.74) is 5.88. The number of hydrogen-bond donors (Lipinski definition) is 3. The summed E-state index contributed by atoms with van der Waals surface area (Å²) in [4.78, 5) is -0.250.